The number of rotatable bonds is 2. The molecule has 3 nitrogen and oxygen atoms in total. The fourth-order valence-electron chi connectivity index (χ4n) is 1.40. The Kier molecular flexibility index (Phi) is 3.73. The monoisotopic (exact) mass is 331 g/mol. The largest absolute Gasteiger partial charge is 0.440 e. The molecule has 0 aliphatic rings. The molecule has 0 radical (unpaired) electrons. The third-order valence-electron chi connectivity index (χ3n) is 2.31. The van der Waals surface area contributed by atoms with Gasteiger partial charge in [0.15, 0.2) is 11.0 Å². The molecule has 0 aliphatic heterocycles. The van der Waals surface area contributed by atoms with Crippen molar-refractivity contribution in [2.45, 2.75) is 6.92 Å². The van der Waals surface area contributed by atoms with Crippen LogP contribution in [0.15, 0.2) is 33.2 Å². The third kappa shape index (κ3) is 2.73. The van der Waals surface area contributed by atoms with E-state index in [1.165, 1.54) is 24.3 Å². The molecule has 6 heteroatoms. The second-order valence-electron chi connectivity index (χ2n) is 3.64. The molecule has 0 aliphatic carbocycles. The summed E-state index contributed by atoms with van der Waals surface area (Å²) in [4.78, 5) is 11.8. The molecular formula is C12H8BrClFNO2. The van der Waals surface area contributed by atoms with Gasteiger partial charge >= 0.3 is 0 Å². The third-order valence-corrected chi connectivity index (χ3v) is 3.12. The van der Waals surface area contributed by atoms with Crippen LogP contribution < -0.4 is 5.32 Å². The minimum Gasteiger partial charge on any atom is -0.440 e. The summed E-state index contributed by atoms with van der Waals surface area (Å²) in [6.07, 6.45) is 0. The highest BCUT2D eigenvalue weighted by Crippen LogP contribution is 2.25. The molecule has 2 rings (SSSR count). The molecule has 0 spiro atoms. The van der Waals surface area contributed by atoms with Gasteiger partial charge in [-0.05, 0) is 64.3 Å². The van der Waals surface area contributed by atoms with E-state index in [0.717, 1.165) is 0 Å². The van der Waals surface area contributed by atoms with Crippen LogP contribution in [-0.4, -0.2) is 5.91 Å². The van der Waals surface area contributed by atoms with Crippen molar-refractivity contribution in [3.63, 3.8) is 0 Å². The van der Waals surface area contributed by atoms with Crippen molar-refractivity contribution < 1.29 is 13.6 Å². The van der Waals surface area contributed by atoms with Crippen molar-refractivity contribution in [2.75, 3.05) is 5.32 Å². The molecule has 0 atom stereocenters. The number of nitrogens with one attached hydrogen (secondary N) is 1. The number of carbonyl (C=O) groups excluding carboxylic acids is 1. The summed E-state index contributed by atoms with van der Waals surface area (Å²) >= 11 is 8.64. The van der Waals surface area contributed by atoms with Gasteiger partial charge in [-0.2, -0.15) is 0 Å². The standard InChI is InChI=1S/C12H8BrClFNO2/c1-6-4-8(15)7(13)5-9(6)16-12(17)10-2-3-11(14)18-10/h2-5H,1H3,(H,16,17). The van der Waals surface area contributed by atoms with E-state index in [4.69, 9.17) is 16.0 Å². The summed E-state index contributed by atoms with van der Waals surface area (Å²) in [5.74, 6) is -0.727. The number of hydrogen-bond donors (Lipinski definition) is 1. The molecule has 0 bridgehead atoms. The lowest BCUT2D eigenvalue weighted by Crippen LogP contribution is -2.12. The number of halogens is 3. The summed E-state index contributed by atoms with van der Waals surface area (Å²) in [5.41, 5.74) is 1.11. The number of carbonyl (C=O) groups is 1. The predicted molar refractivity (Wildman–Crippen MR) is 70.5 cm³/mol. The maximum Gasteiger partial charge on any atom is 0.291 e. The van der Waals surface area contributed by atoms with Crippen LogP contribution in [0.5, 0.6) is 0 Å². The van der Waals surface area contributed by atoms with Crippen molar-refractivity contribution in [2.24, 2.45) is 0 Å². The van der Waals surface area contributed by atoms with Gasteiger partial charge in [0.1, 0.15) is 5.82 Å². The number of anilines is 1. The number of benzene rings is 1. The van der Waals surface area contributed by atoms with Crippen molar-refractivity contribution in [1.82, 2.24) is 0 Å². The molecule has 0 saturated carbocycles. The molecule has 1 N–H and O–H groups in total. The van der Waals surface area contributed by atoms with E-state index in [2.05, 4.69) is 21.2 Å². The van der Waals surface area contributed by atoms with E-state index in [1.807, 2.05) is 0 Å². The Balaban J connectivity index is 2.24. The molecule has 0 saturated heterocycles. The van der Waals surface area contributed by atoms with E-state index >= 15 is 0 Å². The molecule has 1 amide bonds. The smallest absolute Gasteiger partial charge is 0.291 e. The number of furan rings is 1. The lowest BCUT2D eigenvalue weighted by molar-refractivity contribution is 0.0996. The maximum atomic E-state index is 13.2. The first-order valence-corrected chi connectivity index (χ1v) is 6.17. The highest BCUT2D eigenvalue weighted by Gasteiger charge is 2.13. The van der Waals surface area contributed by atoms with Gasteiger partial charge in [-0.3, -0.25) is 4.79 Å². The summed E-state index contributed by atoms with van der Waals surface area (Å²) in [7, 11) is 0. The summed E-state index contributed by atoms with van der Waals surface area (Å²) in [6, 6.07) is 5.76. The quantitative estimate of drug-likeness (QED) is 0.886. The van der Waals surface area contributed by atoms with Crippen molar-refractivity contribution in [3.8, 4) is 0 Å². The van der Waals surface area contributed by atoms with E-state index < -0.39 is 5.91 Å². The van der Waals surface area contributed by atoms with Crippen LogP contribution >= 0.6 is 27.5 Å². The zero-order valence-corrected chi connectivity index (χ0v) is 11.6. The topological polar surface area (TPSA) is 42.2 Å². The van der Waals surface area contributed by atoms with E-state index in [1.54, 1.807) is 6.92 Å². The van der Waals surface area contributed by atoms with Crippen molar-refractivity contribution >= 4 is 39.1 Å². The van der Waals surface area contributed by atoms with Gasteiger partial charge < -0.3 is 9.73 Å². The zero-order chi connectivity index (χ0) is 13.3. The van der Waals surface area contributed by atoms with Crippen LogP contribution in [0, 0.1) is 12.7 Å². The van der Waals surface area contributed by atoms with E-state index in [9.17, 15) is 9.18 Å². The van der Waals surface area contributed by atoms with Gasteiger partial charge in [0.05, 0.1) is 4.47 Å². The number of hydrogen-bond acceptors (Lipinski definition) is 2. The average molecular weight is 333 g/mol. The maximum absolute atomic E-state index is 13.2. The molecule has 18 heavy (non-hydrogen) atoms. The highest BCUT2D eigenvalue weighted by atomic mass is 79.9. The Bertz CT molecular complexity index is 612. The number of amides is 1. The van der Waals surface area contributed by atoms with E-state index in [-0.39, 0.29) is 21.3 Å². The van der Waals surface area contributed by atoms with Crippen LogP contribution in [-0.2, 0) is 0 Å². The van der Waals surface area contributed by atoms with Gasteiger partial charge in [0, 0.05) is 5.69 Å². The molecule has 2 aromatic rings. The van der Waals surface area contributed by atoms with Gasteiger partial charge in [0.2, 0.25) is 0 Å². The minimum atomic E-state index is -0.441. The van der Waals surface area contributed by atoms with Crippen LogP contribution in [0.25, 0.3) is 0 Å². The SMILES string of the molecule is Cc1cc(F)c(Br)cc1NC(=O)c1ccc(Cl)o1. The van der Waals surface area contributed by atoms with Gasteiger partial charge in [-0.1, -0.05) is 0 Å². The van der Waals surface area contributed by atoms with Crippen LogP contribution in [0.4, 0.5) is 10.1 Å². The fraction of sp³-hybridized carbons (Fsp3) is 0.0833. The van der Waals surface area contributed by atoms with Gasteiger partial charge in [0.25, 0.3) is 5.91 Å². The predicted octanol–water partition coefficient (Wildman–Crippen LogP) is 4.40. The van der Waals surface area contributed by atoms with E-state index in [0.29, 0.717) is 11.3 Å². The summed E-state index contributed by atoms with van der Waals surface area (Å²) in [6.45, 7) is 1.69. The molecule has 94 valence electrons. The molecule has 1 aromatic heterocycles. The Hall–Kier alpha value is -1.33. The van der Waals surface area contributed by atoms with Crippen LogP contribution in [0.1, 0.15) is 16.1 Å². The Morgan fingerprint density at radius 3 is 2.78 bits per heavy atom. The summed E-state index contributed by atoms with van der Waals surface area (Å²) < 4.78 is 18.5. The average Bonchev–Trinajstić information content (AvgIpc) is 2.73. The zero-order valence-electron chi connectivity index (χ0n) is 9.26. The van der Waals surface area contributed by atoms with Crippen molar-refractivity contribution in [3.05, 3.63) is 51.1 Å². The molecule has 1 aromatic carbocycles. The molecular weight excluding hydrogens is 324 g/mol. The van der Waals surface area contributed by atoms with Crippen molar-refractivity contribution in [1.29, 1.82) is 0 Å². The summed E-state index contributed by atoms with van der Waals surface area (Å²) in [5, 5.41) is 2.76. The minimum absolute atomic E-state index is 0.0971. The lowest BCUT2D eigenvalue weighted by atomic mass is 10.2. The normalized spacial score (nSPS) is 10.4. The molecule has 1 heterocycles. The van der Waals surface area contributed by atoms with Crippen LogP contribution in [0.2, 0.25) is 5.22 Å². The molecule has 0 fully saturated rings. The molecule has 0 unspecified atom stereocenters. The first kappa shape index (κ1) is 13.1. The first-order valence-electron chi connectivity index (χ1n) is 4.99. The fourth-order valence-corrected chi connectivity index (χ4v) is 1.89. The van der Waals surface area contributed by atoms with Gasteiger partial charge in [-0.15, -0.1) is 0 Å². The Morgan fingerprint density at radius 1 is 1.44 bits per heavy atom. The Morgan fingerprint density at radius 2 is 2.17 bits per heavy atom. The highest BCUT2D eigenvalue weighted by molar-refractivity contribution is 9.10. The number of aryl methyl sites for hydroxylation is 1. The Labute approximate surface area is 116 Å². The lowest BCUT2D eigenvalue weighted by Gasteiger charge is -2.08. The van der Waals surface area contributed by atoms with Crippen LogP contribution in [0.3, 0.4) is 0 Å². The first-order chi connectivity index (χ1) is 8.47. The van der Waals surface area contributed by atoms with Gasteiger partial charge in [-0.25, -0.2) is 4.39 Å². The second kappa shape index (κ2) is 5.12. The second-order valence-corrected chi connectivity index (χ2v) is 4.87.